The molecule has 0 radical (unpaired) electrons. The van der Waals surface area contributed by atoms with Gasteiger partial charge in [0.15, 0.2) is 0 Å². The standard InChI is InChI=1S/C18H19N3/c1-2-9-19-15-8-11-20-16(13-15)12-14-7-10-21-18-6-4-3-5-17(14)18/h3-8,10-11,13H,2,9,12H2,1H3,(H,19,20). The molecule has 1 aromatic carbocycles. The fourth-order valence-electron chi connectivity index (χ4n) is 2.46. The summed E-state index contributed by atoms with van der Waals surface area (Å²) in [5.74, 6) is 0. The van der Waals surface area contributed by atoms with E-state index < -0.39 is 0 Å². The Hall–Kier alpha value is -2.42. The third-order valence-corrected chi connectivity index (χ3v) is 3.51. The summed E-state index contributed by atoms with van der Waals surface area (Å²) in [7, 11) is 0. The molecule has 0 saturated carbocycles. The van der Waals surface area contributed by atoms with Gasteiger partial charge in [-0.3, -0.25) is 9.97 Å². The van der Waals surface area contributed by atoms with E-state index in [1.54, 1.807) is 0 Å². The quantitative estimate of drug-likeness (QED) is 0.764. The maximum absolute atomic E-state index is 4.49. The topological polar surface area (TPSA) is 37.8 Å². The number of nitrogens with one attached hydrogen (secondary N) is 1. The Kier molecular flexibility index (Phi) is 4.10. The Bertz CT molecular complexity index is 732. The van der Waals surface area contributed by atoms with Gasteiger partial charge in [-0.2, -0.15) is 0 Å². The third-order valence-electron chi connectivity index (χ3n) is 3.51. The predicted octanol–water partition coefficient (Wildman–Crippen LogP) is 4.04. The number of hydrogen-bond donors (Lipinski definition) is 1. The van der Waals surface area contributed by atoms with Crippen LogP contribution in [0.2, 0.25) is 0 Å². The van der Waals surface area contributed by atoms with Crippen LogP contribution in [0.25, 0.3) is 10.9 Å². The molecule has 0 aliphatic carbocycles. The van der Waals surface area contributed by atoms with E-state index in [0.29, 0.717) is 0 Å². The maximum Gasteiger partial charge on any atom is 0.0704 e. The Morgan fingerprint density at radius 1 is 1.00 bits per heavy atom. The summed E-state index contributed by atoms with van der Waals surface area (Å²) in [4.78, 5) is 8.90. The lowest BCUT2D eigenvalue weighted by atomic mass is 10.0. The first-order valence-electron chi connectivity index (χ1n) is 7.38. The van der Waals surface area contributed by atoms with Gasteiger partial charge in [-0.1, -0.05) is 25.1 Å². The highest BCUT2D eigenvalue weighted by molar-refractivity contribution is 5.82. The summed E-state index contributed by atoms with van der Waals surface area (Å²) in [6.07, 6.45) is 5.69. The van der Waals surface area contributed by atoms with Gasteiger partial charge in [-0.15, -0.1) is 0 Å². The van der Waals surface area contributed by atoms with Gasteiger partial charge >= 0.3 is 0 Å². The van der Waals surface area contributed by atoms with E-state index in [1.165, 1.54) is 10.9 Å². The fourth-order valence-corrected chi connectivity index (χ4v) is 2.46. The number of aromatic nitrogens is 2. The Labute approximate surface area is 125 Å². The molecule has 0 spiro atoms. The number of nitrogens with zero attached hydrogens (tertiary/aromatic N) is 2. The number of anilines is 1. The fraction of sp³-hybridized carbons (Fsp3) is 0.222. The van der Waals surface area contributed by atoms with Crippen LogP contribution in [0.5, 0.6) is 0 Å². The lowest BCUT2D eigenvalue weighted by Gasteiger charge is -2.08. The minimum atomic E-state index is 0.824. The minimum absolute atomic E-state index is 0.824. The zero-order valence-corrected chi connectivity index (χ0v) is 12.2. The van der Waals surface area contributed by atoms with E-state index in [0.717, 1.165) is 36.3 Å². The van der Waals surface area contributed by atoms with Crippen LogP contribution in [0.1, 0.15) is 24.6 Å². The first-order valence-corrected chi connectivity index (χ1v) is 7.38. The van der Waals surface area contributed by atoms with E-state index in [2.05, 4.69) is 46.5 Å². The average molecular weight is 277 g/mol. The van der Waals surface area contributed by atoms with Gasteiger partial charge in [0, 0.05) is 42.1 Å². The molecule has 0 aliphatic rings. The highest BCUT2D eigenvalue weighted by atomic mass is 14.9. The molecule has 106 valence electrons. The molecule has 21 heavy (non-hydrogen) atoms. The van der Waals surface area contributed by atoms with Gasteiger partial charge in [0.2, 0.25) is 0 Å². The SMILES string of the molecule is CCCNc1ccnc(Cc2ccnc3ccccc23)c1. The van der Waals surface area contributed by atoms with Crippen molar-refractivity contribution >= 4 is 16.6 Å². The van der Waals surface area contributed by atoms with Gasteiger partial charge in [0.05, 0.1) is 5.52 Å². The highest BCUT2D eigenvalue weighted by Gasteiger charge is 2.04. The zero-order chi connectivity index (χ0) is 14.5. The molecular weight excluding hydrogens is 258 g/mol. The summed E-state index contributed by atoms with van der Waals surface area (Å²) in [6.45, 7) is 3.15. The van der Waals surface area contributed by atoms with Crippen molar-refractivity contribution in [2.75, 3.05) is 11.9 Å². The zero-order valence-electron chi connectivity index (χ0n) is 12.2. The smallest absolute Gasteiger partial charge is 0.0704 e. The van der Waals surface area contributed by atoms with Crippen LogP contribution in [0, 0.1) is 0 Å². The van der Waals surface area contributed by atoms with Crippen LogP contribution in [0.4, 0.5) is 5.69 Å². The van der Waals surface area contributed by atoms with Crippen molar-refractivity contribution in [2.45, 2.75) is 19.8 Å². The molecule has 3 rings (SSSR count). The molecule has 3 heteroatoms. The molecule has 0 atom stereocenters. The van der Waals surface area contributed by atoms with Gasteiger partial charge in [0.25, 0.3) is 0 Å². The average Bonchev–Trinajstić information content (AvgIpc) is 2.54. The molecule has 0 aliphatic heterocycles. The summed E-state index contributed by atoms with van der Waals surface area (Å²) in [6, 6.07) is 14.5. The second-order valence-corrected chi connectivity index (χ2v) is 5.13. The normalized spacial score (nSPS) is 10.7. The Balaban J connectivity index is 1.88. The number of fused-ring (bicyclic) bond motifs is 1. The van der Waals surface area contributed by atoms with Crippen LogP contribution in [-0.4, -0.2) is 16.5 Å². The van der Waals surface area contributed by atoms with E-state index in [1.807, 2.05) is 30.6 Å². The van der Waals surface area contributed by atoms with Crippen LogP contribution < -0.4 is 5.32 Å². The largest absolute Gasteiger partial charge is 0.385 e. The first kappa shape index (κ1) is 13.6. The number of pyridine rings is 2. The molecule has 0 amide bonds. The molecular formula is C18H19N3. The van der Waals surface area contributed by atoms with Crippen molar-refractivity contribution in [3.63, 3.8) is 0 Å². The van der Waals surface area contributed by atoms with Crippen molar-refractivity contribution in [2.24, 2.45) is 0 Å². The van der Waals surface area contributed by atoms with Gasteiger partial charge < -0.3 is 5.32 Å². The van der Waals surface area contributed by atoms with Crippen molar-refractivity contribution in [1.29, 1.82) is 0 Å². The van der Waals surface area contributed by atoms with E-state index in [9.17, 15) is 0 Å². The second-order valence-electron chi connectivity index (χ2n) is 5.13. The maximum atomic E-state index is 4.49. The van der Waals surface area contributed by atoms with Crippen LogP contribution in [0.15, 0.2) is 54.9 Å². The molecule has 3 aromatic rings. The molecule has 2 heterocycles. The van der Waals surface area contributed by atoms with Gasteiger partial charge in [-0.05, 0) is 36.2 Å². The van der Waals surface area contributed by atoms with Crippen molar-refractivity contribution in [3.05, 3.63) is 66.1 Å². The predicted molar refractivity (Wildman–Crippen MR) is 87.6 cm³/mol. The summed E-state index contributed by atoms with van der Waals surface area (Å²) >= 11 is 0. The molecule has 0 saturated heterocycles. The van der Waals surface area contributed by atoms with E-state index >= 15 is 0 Å². The number of hydrogen-bond acceptors (Lipinski definition) is 3. The molecule has 0 bridgehead atoms. The van der Waals surface area contributed by atoms with Crippen molar-refractivity contribution < 1.29 is 0 Å². The summed E-state index contributed by atoms with van der Waals surface area (Å²) < 4.78 is 0. The molecule has 2 aromatic heterocycles. The number of para-hydroxylation sites is 1. The highest BCUT2D eigenvalue weighted by Crippen LogP contribution is 2.19. The summed E-state index contributed by atoms with van der Waals surface area (Å²) in [5.41, 5.74) is 4.52. The van der Waals surface area contributed by atoms with Crippen LogP contribution >= 0.6 is 0 Å². The monoisotopic (exact) mass is 277 g/mol. The lowest BCUT2D eigenvalue weighted by Crippen LogP contribution is -2.01. The number of benzene rings is 1. The van der Waals surface area contributed by atoms with Crippen LogP contribution in [-0.2, 0) is 6.42 Å². The molecule has 0 fully saturated rings. The lowest BCUT2D eigenvalue weighted by molar-refractivity contribution is 0.975. The van der Waals surface area contributed by atoms with E-state index in [-0.39, 0.29) is 0 Å². The first-order chi connectivity index (χ1) is 10.4. The second kappa shape index (κ2) is 6.35. The Morgan fingerprint density at radius 2 is 1.86 bits per heavy atom. The van der Waals surface area contributed by atoms with Crippen molar-refractivity contribution in [1.82, 2.24) is 9.97 Å². The molecule has 3 nitrogen and oxygen atoms in total. The summed E-state index contributed by atoms with van der Waals surface area (Å²) in [5, 5.41) is 4.61. The van der Waals surface area contributed by atoms with Crippen LogP contribution in [0.3, 0.4) is 0 Å². The van der Waals surface area contributed by atoms with Gasteiger partial charge in [0.1, 0.15) is 0 Å². The molecule has 0 unspecified atom stereocenters. The third kappa shape index (κ3) is 3.19. The number of rotatable bonds is 5. The van der Waals surface area contributed by atoms with Crippen molar-refractivity contribution in [3.8, 4) is 0 Å². The van der Waals surface area contributed by atoms with E-state index in [4.69, 9.17) is 0 Å². The Morgan fingerprint density at radius 3 is 2.76 bits per heavy atom. The van der Waals surface area contributed by atoms with Gasteiger partial charge in [-0.25, -0.2) is 0 Å². The molecule has 1 N–H and O–H groups in total. The minimum Gasteiger partial charge on any atom is -0.385 e.